The molecule has 4 heteroatoms. The van der Waals surface area contributed by atoms with Crippen LogP contribution >= 0.6 is 11.3 Å². The Bertz CT molecular complexity index is 372. The standard InChI is InChI=1S/C11H15N3S/c1-9-10(4-5-12)15-11(13-9)8-14-6-2-3-7-14/h2-4,6-8H2,1H3. The third-order valence-electron chi connectivity index (χ3n) is 2.73. The van der Waals surface area contributed by atoms with E-state index in [4.69, 9.17) is 5.26 Å². The summed E-state index contributed by atoms with van der Waals surface area (Å²) in [5.41, 5.74) is 1.04. The molecular weight excluding hydrogens is 206 g/mol. The molecule has 0 aliphatic carbocycles. The monoisotopic (exact) mass is 221 g/mol. The number of aryl methyl sites for hydroxylation is 1. The summed E-state index contributed by atoms with van der Waals surface area (Å²) in [5, 5.41) is 9.82. The van der Waals surface area contributed by atoms with E-state index in [9.17, 15) is 0 Å². The Morgan fingerprint density at radius 2 is 2.20 bits per heavy atom. The molecule has 15 heavy (non-hydrogen) atoms. The van der Waals surface area contributed by atoms with Gasteiger partial charge in [-0.15, -0.1) is 11.3 Å². The van der Waals surface area contributed by atoms with E-state index in [2.05, 4.69) is 16.0 Å². The molecule has 2 heterocycles. The number of aromatic nitrogens is 1. The highest BCUT2D eigenvalue weighted by Crippen LogP contribution is 2.21. The van der Waals surface area contributed by atoms with Crippen molar-refractivity contribution in [2.75, 3.05) is 13.1 Å². The van der Waals surface area contributed by atoms with Gasteiger partial charge < -0.3 is 0 Å². The fourth-order valence-corrected chi connectivity index (χ4v) is 2.97. The van der Waals surface area contributed by atoms with Crippen molar-refractivity contribution >= 4 is 11.3 Å². The molecule has 1 fully saturated rings. The van der Waals surface area contributed by atoms with Gasteiger partial charge in [0.15, 0.2) is 0 Å². The van der Waals surface area contributed by atoms with Crippen molar-refractivity contribution < 1.29 is 0 Å². The number of nitrogens with zero attached hydrogens (tertiary/aromatic N) is 3. The maximum absolute atomic E-state index is 8.66. The van der Waals surface area contributed by atoms with Crippen LogP contribution < -0.4 is 0 Å². The molecule has 0 bridgehead atoms. The van der Waals surface area contributed by atoms with E-state index >= 15 is 0 Å². The summed E-state index contributed by atoms with van der Waals surface area (Å²) < 4.78 is 0. The van der Waals surface area contributed by atoms with Crippen LogP contribution in [-0.2, 0) is 13.0 Å². The van der Waals surface area contributed by atoms with Crippen LogP contribution in [0, 0.1) is 18.3 Å². The summed E-state index contributed by atoms with van der Waals surface area (Å²) in [6, 6.07) is 2.19. The van der Waals surface area contributed by atoms with E-state index in [1.165, 1.54) is 30.9 Å². The molecule has 1 aromatic heterocycles. The minimum Gasteiger partial charge on any atom is -0.297 e. The molecule has 2 rings (SSSR count). The van der Waals surface area contributed by atoms with Gasteiger partial charge in [0.25, 0.3) is 0 Å². The van der Waals surface area contributed by atoms with E-state index in [1.54, 1.807) is 11.3 Å². The van der Waals surface area contributed by atoms with Gasteiger partial charge in [-0.1, -0.05) is 0 Å². The molecule has 0 radical (unpaired) electrons. The fraction of sp³-hybridized carbons (Fsp3) is 0.636. The van der Waals surface area contributed by atoms with Gasteiger partial charge in [0, 0.05) is 4.88 Å². The number of likely N-dealkylation sites (tertiary alicyclic amines) is 1. The molecule has 0 spiro atoms. The van der Waals surface area contributed by atoms with Crippen LogP contribution in [0.5, 0.6) is 0 Å². The lowest BCUT2D eigenvalue weighted by Gasteiger charge is -2.11. The Balaban J connectivity index is 2.02. The first-order valence-electron chi connectivity index (χ1n) is 5.34. The van der Waals surface area contributed by atoms with Crippen LogP contribution in [0.15, 0.2) is 0 Å². The molecule has 3 nitrogen and oxygen atoms in total. The number of hydrogen-bond acceptors (Lipinski definition) is 4. The third kappa shape index (κ3) is 2.55. The Kier molecular flexibility index (Phi) is 3.34. The minimum atomic E-state index is 0.503. The summed E-state index contributed by atoms with van der Waals surface area (Å²) in [6.45, 7) is 5.37. The normalized spacial score (nSPS) is 16.8. The van der Waals surface area contributed by atoms with Crippen molar-refractivity contribution in [1.82, 2.24) is 9.88 Å². The lowest BCUT2D eigenvalue weighted by Crippen LogP contribution is -2.18. The molecule has 80 valence electrons. The summed E-state index contributed by atoms with van der Waals surface area (Å²) in [4.78, 5) is 8.09. The van der Waals surface area contributed by atoms with Crippen molar-refractivity contribution in [1.29, 1.82) is 5.26 Å². The molecule has 0 atom stereocenters. The second-order valence-electron chi connectivity index (χ2n) is 3.93. The largest absolute Gasteiger partial charge is 0.297 e. The van der Waals surface area contributed by atoms with Crippen LogP contribution in [0.1, 0.15) is 28.4 Å². The van der Waals surface area contributed by atoms with Crippen LogP contribution in [0.25, 0.3) is 0 Å². The number of nitriles is 1. The molecule has 0 amide bonds. The van der Waals surface area contributed by atoms with Crippen molar-refractivity contribution in [3.05, 3.63) is 15.6 Å². The Hall–Kier alpha value is -0.920. The first-order chi connectivity index (χ1) is 7.29. The maximum atomic E-state index is 8.66. The second kappa shape index (κ2) is 4.73. The van der Waals surface area contributed by atoms with Crippen molar-refractivity contribution in [3.63, 3.8) is 0 Å². The van der Waals surface area contributed by atoms with Gasteiger partial charge >= 0.3 is 0 Å². The number of hydrogen-bond donors (Lipinski definition) is 0. The Morgan fingerprint density at radius 3 is 2.87 bits per heavy atom. The molecule has 0 unspecified atom stereocenters. The van der Waals surface area contributed by atoms with Gasteiger partial charge in [-0.25, -0.2) is 4.98 Å². The molecule has 1 aliphatic heterocycles. The molecule has 1 saturated heterocycles. The first-order valence-corrected chi connectivity index (χ1v) is 6.15. The zero-order valence-electron chi connectivity index (χ0n) is 8.99. The Morgan fingerprint density at radius 1 is 1.47 bits per heavy atom. The molecule has 0 saturated carbocycles. The average molecular weight is 221 g/mol. The van der Waals surface area contributed by atoms with Crippen LogP contribution in [-0.4, -0.2) is 23.0 Å². The topological polar surface area (TPSA) is 39.9 Å². The molecular formula is C11H15N3S. The lowest BCUT2D eigenvalue weighted by atomic mass is 10.3. The Labute approximate surface area is 94.4 Å². The van der Waals surface area contributed by atoms with Gasteiger partial charge in [0.1, 0.15) is 5.01 Å². The highest BCUT2D eigenvalue weighted by Gasteiger charge is 2.14. The van der Waals surface area contributed by atoms with E-state index in [0.29, 0.717) is 6.42 Å². The third-order valence-corrected chi connectivity index (χ3v) is 3.88. The molecule has 0 N–H and O–H groups in total. The molecule has 1 aliphatic rings. The predicted molar refractivity (Wildman–Crippen MR) is 60.7 cm³/mol. The van der Waals surface area contributed by atoms with Crippen LogP contribution in [0.2, 0.25) is 0 Å². The van der Waals surface area contributed by atoms with E-state index in [0.717, 1.165) is 17.1 Å². The van der Waals surface area contributed by atoms with Crippen molar-refractivity contribution in [2.45, 2.75) is 32.7 Å². The van der Waals surface area contributed by atoms with Gasteiger partial charge in [-0.05, 0) is 32.9 Å². The zero-order chi connectivity index (χ0) is 10.7. The maximum Gasteiger partial charge on any atom is 0.107 e. The van der Waals surface area contributed by atoms with Crippen LogP contribution in [0.3, 0.4) is 0 Å². The number of rotatable bonds is 3. The highest BCUT2D eigenvalue weighted by molar-refractivity contribution is 7.11. The van der Waals surface area contributed by atoms with Gasteiger partial charge in [-0.3, -0.25) is 4.90 Å². The summed E-state index contributed by atoms with van der Waals surface area (Å²) in [5.74, 6) is 0. The minimum absolute atomic E-state index is 0.503. The first kappa shape index (κ1) is 10.6. The van der Waals surface area contributed by atoms with E-state index in [-0.39, 0.29) is 0 Å². The predicted octanol–water partition coefficient (Wildman–Crippen LogP) is 2.11. The van der Waals surface area contributed by atoms with Crippen molar-refractivity contribution in [3.8, 4) is 6.07 Å². The highest BCUT2D eigenvalue weighted by atomic mass is 32.1. The van der Waals surface area contributed by atoms with E-state index < -0.39 is 0 Å². The summed E-state index contributed by atoms with van der Waals surface area (Å²) >= 11 is 1.70. The van der Waals surface area contributed by atoms with E-state index in [1.807, 2.05) is 6.92 Å². The summed E-state index contributed by atoms with van der Waals surface area (Å²) in [7, 11) is 0. The molecule has 1 aromatic rings. The lowest BCUT2D eigenvalue weighted by molar-refractivity contribution is 0.330. The zero-order valence-corrected chi connectivity index (χ0v) is 9.81. The van der Waals surface area contributed by atoms with Gasteiger partial charge in [0.2, 0.25) is 0 Å². The summed E-state index contributed by atoms with van der Waals surface area (Å²) in [6.07, 6.45) is 3.13. The van der Waals surface area contributed by atoms with Gasteiger partial charge in [-0.2, -0.15) is 5.26 Å². The fourth-order valence-electron chi connectivity index (χ4n) is 1.92. The molecule has 0 aromatic carbocycles. The average Bonchev–Trinajstić information content (AvgIpc) is 2.79. The van der Waals surface area contributed by atoms with Gasteiger partial charge in [0.05, 0.1) is 24.7 Å². The number of thiazole rings is 1. The van der Waals surface area contributed by atoms with Crippen molar-refractivity contribution in [2.24, 2.45) is 0 Å². The smallest absolute Gasteiger partial charge is 0.107 e. The second-order valence-corrected chi connectivity index (χ2v) is 5.10. The van der Waals surface area contributed by atoms with Crippen LogP contribution in [0.4, 0.5) is 0 Å². The quantitative estimate of drug-likeness (QED) is 0.785. The SMILES string of the molecule is Cc1nc(CN2CCCC2)sc1CC#N.